The van der Waals surface area contributed by atoms with E-state index in [1.165, 1.54) is 9.75 Å². The first-order chi connectivity index (χ1) is 6.47. The van der Waals surface area contributed by atoms with Crippen LogP contribution in [0.1, 0.15) is 36.6 Å². The fourth-order valence-electron chi connectivity index (χ4n) is 1.42. The van der Waals surface area contributed by atoms with Gasteiger partial charge in [-0.1, -0.05) is 0 Å². The fourth-order valence-corrected chi connectivity index (χ4v) is 2.48. The van der Waals surface area contributed by atoms with E-state index < -0.39 is 0 Å². The van der Waals surface area contributed by atoms with Crippen molar-refractivity contribution in [2.24, 2.45) is 5.73 Å². The van der Waals surface area contributed by atoms with Crippen LogP contribution < -0.4 is 5.73 Å². The van der Waals surface area contributed by atoms with E-state index in [-0.39, 0.29) is 11.6 Å². The summed E-state index contributed by atoms with van der Waals surface area (Å²) >= 11 is 1.74. The Morgan fingerprint density at radius 1 is 1.50 bits per heavy atom. The second-order valence-electron chi connectivity index (χ2n) is 3.96. The van der Waals surface area contributed by atoms with Gasteiger partial charge in [0.15, 0.2) is 0 Å². The Hall–Kier alpha value is -0.380. The van der Waals surface area contributed by atoms with Crippen LogP contribution in [0.2, 0.25) is 0 Å². The minimum atomic E-state index is -0.286. The van der Waals surface area contributed by atoms with Gasteiger partial charge in [-0.25, -0.2) is 0 Å². The quantitative estimate of drug-likeness (QED) is 0.834. The molecule has 1 aromatic heterocycles. The number of thiophene rings is 1. The molecule has 0 aliphatic rings. The average molecular weight is 213 g/mol. The van der Waals surface area contributed by atoms with Crippen molar-refractivity contribution in [2.45, 2.75) is 39.3 Å². The molecule has 2 nitrogen and oxygen atoms in total. The van der Waals surface area contributed by atoms with Crippen LogP contribution in [-0.2, 0) is 4.74 Å². The summed E-state index contributed by atoms with van der Waals surface area (Å²) in [6.07, 6.45) is 0. The summed E-state index contributed by atoms with van der Waals surface area (Å²) in [5, 5.41) is 0. The molecule has 0 saturated heterocycles. The van der Waals surface area contributed by atoms with Gasteiger partial charge in [-0.15, -0.1) is 11.3 Å². The molecule has 0 fully saturated rings. The second-order valence-corrected chi connectivity index (χ2v) is 5.28. The normalized spacial score (nSPS) is 14.4. The molecule has 0 amide bonds. The van der Waals surface area contributed by atoms with Crippen molar-refractivity contribution in [1.29, 1.82) is 0 Å². The van der Waals surface area contributed by atoms with Crippen molar-refractivity contribution < 1.29 is 4.74 Å². The molecule has 1 atom stereocenters. The summed E-state index contributed by atoms with van der Waals surface area (Å²) < 4.78 is 5.64. The van der Waals surface area contributed by atoms with Crippen LogP contribution in [0.4, 0.5) is 0 Å². The van der Waals surface area contributed by atoms with E-state index in [0.29, 0.717) is 6.61 Å². The lowest BCUT2D eigenvalue weighted by Crippen LogP contribution is -2.37. The molecule has 1 rings (SSSR count). The van der Waals surface area contributed by atoms with Crippen molar-refractivity contribution in [3.63, 3.8) is 0 Å². The molecular weight excluding hydrogens is 194 g/mol. The molecule has 1 heterocycles. The van der Waals surface area contributed by atoms with E-state index in [0.717, 1.165) is 0 Å². The van der Waals surface area contributed by atoms with Gasteiger partial charge in [0.05, 0.1) is 11.6 Å². The largest absolute Gasteiger partial charge is 0.374 e. The van der Waals surface area contributed by atoms with Crippen molar-refractivity contribution in [3.05, 3.63) is 21.9 Å². The molecule has 0 bridgehead atoms. The molecule has 0 aliphatic carbocycles. The third kappa shape index (κ3) is 2.56. The molecule has 1 aromatic rings. The van der Waals surface area contributed by atoms with Gasteiger partial charge in [-0.2, -0.15) is 0 Å². The van der Waals surface area contributed by atoms with Crippen LogP contribution >= 0.6 is 11.3 Å². The topological polar surface area (TPSA) is 35.2 Å². The van der Waals surface area contributed by atoms with Gasteiger partial charge in [0.1, 0.15) is 0 Å². The fraction of sp³-hybridized carbons (Fsp3) is 0.636. The summed E-state index contributed by atoms with van der Waals surface area (Å²) in [4.78, 5) is 2.49. The zero-order chi connectivity index (χ0) is 10.8. The third-order valence-electron chi connectivity index (χ3n) is 2.33. The predicted octanol–water partition coefficient (Wildman–Crippen LogP) is 2.87. The lowest BCUT2D eigenvalue weighted by molar-refractivity contribution is -0.0290. The lowest BCUT2D eigenvalue weighted by atomic mass is 9.98. The van der Waals surface area contributed by atoms with Crippen LogP contribution in [0, 0.1) is 6.92 Å². The first kappa shape index (κ1) is 11.7. The smallest absolute Gasteiger partial charge is 0.0826 e. The summed E-state index contributed by atoms with van der Waals surface area (Å²) in [5.41, 5.74) is 5.87. The summed E-state index contributed by atoms with van der Waals surface area (Å²) in [6, 6.07) is 4.15. The van der Waals surface area contributed by atoms with E-state index in [4.69, 9.17) is 10.5 Å². The Morgan fingerprint density at radius 3 is 2.57 bits per heavy atom. The molecule has 14 heavy (non-hydrogen) atoms. The van der Waals surface area contributed by atoms with Crippen LogP contribution in [0.25, 0.3) is 0 Å². The SMILES string of the molecule is CCOC(C)(C)C(N)c1ccc(C)s1. The van der Waals surface area contributed by atoms with E-state index in [2.05, 4.69) is 19.1 Å². The van der Waals surface area contributed by atoms with Crippen molar-refractivity contribution in [2.75, 3.05) is 6.61 Å². The Labute approximate surface area is 90.1 Å². The third-order valence-corrected chi connectivity index (χ3v) is 3.42. The molecule has 0 aromatic carbocycles. The van der Waals surface area contributed by atoms with Crippen LogP contribution in [0.3, 0.4) is 0 Å². The molecule has 0 saturated carbocycles. The molecule has 80 valence electrons. The second kappa shape index (κ2) is 4.43. The number of nitrogens with two attached hydrogens (primary N) is 1. The molecule has 3 heteroatoms. The Kier molecular flexibility index (Phi) is 3.70. The van der Waals surface area contributed by atoms with Crippen molar-refractivity contribution >= 4 is 11.3 Å². The zero-order valence-electron chi connectivity index (χ0n) is 9.33. The number of hydrogen-bond donors (Lipinski definition) is 1. The maximum Gasteiger partial charge on any atom is 0.0826 e. The highest BCUT2D eigenvalue weighted by Gasteiger charge is 2.28. The maximum atomic E-state index is 6.16. The standard InChI is InChI=1S/C11H19NOS/c1-5-13-11(3,4)10(12)9-7-6-8(2)14-9/h6-7,10H,5,12H2,1-4H3. The Balaban J connectivity index is 2.78. The average Bonchev–Trinajstić information content (AvgIpc) is 2.50. The Bertz CT molecular complexity index is 293. The summed E-state index contributed by atoms with van der Waals surface area (Å²) in [5.74, 6) is 0. The minimum absolute atomic E-state index is 0.0406. The van der Waals surface area contributed by atoms with E-state index in [1.54, 1.807) is 11.3 Å². The minimum Gasteiger partial charge on any atom is -0.374 e. The molecular formula is C11H19NOS. The number of rotatable bonds is 4. The van der Waals surface area contributed by atoms with Gasteiger partial charge >= 0.3 is 0 Å². The maximum absolute atomic E-state index is 6.16. The molecule has 0 aliphatic heterocycles. The molecule has 2 N–H and O–H groups in total. The van der Waals surface area contributed by atoms with E-state index in [1.807, 2.05) is 20.8 Å². The predicted molar refractivity (Wildman–Crippen MR) is 61.7 cm³/mol. The van der Waals surface area contributed by atoms with Crippen molar-refractivity contribution in [1.82, 2.24) is 0 Å². The number of ether oxygens (including phenoxy) is 1. The van der Waals surface area contributed by atoms with Crippen LogP contribution in [0.5, 0.6) is 0 Å². The molecule has 1 unspecified atom stereocenters. The van der Waals surface area contributed by atoms with E-state index >= 15 is 0 Å². The monoisotopic (exact) mass is 213 g/mol. The highest BCUT2D eigenvalue weighted by Crippen LogP contribution is 2.31. The van der Waals surface area contributed by atoms with Crippen LogP contribution in [-0.4, -0.2) is 12.2 Å². The van der Waals surface area contributed by atoms with Gasteiger partial charge in [-0.05, 0) is 39.8 Å². The molecule has 0 spiro atoms. The Morgan fingerprint density at radius 2 is 2.14 bits per heavy atom. The van der Waals surface area contributed by atoms with Gasteiger partial charge in [0, 0.05) is 16.4 Å². The summed E-state index contributed by atoms with van der Waals surface area (Å²) in [7, 11) is 0. The zero-order valence-corrected chi connectivity index (χ0v) is 10.1. The van der Waals surface area contributed by atoms with Gasteiger partial charge in [0.25, 0.3) is 0 Å². The first-order valence-electron chi connectivity index (χ1n) is 4.93. The first-order valence-corrected chi connectivity index (χ1v) is 5.75. The van der Waals surface area contributed by atoms with Gasteiger partial charge in [0.2, 0.25) is 0 Å². The van der Waals surface area contributed by atoms with Crippen LogP contribution in [0.15, 0.2) is 12.1 Å². The van der Waals surface area contributed by atoms with Crippen molar-refractivity contribution in [3.8, 4) is 0 Å². The lowest BCUT2D eigenvalue weighted by Gasteiger charge is -2.30. The number of hydrogen-bond acceptors (Lipinski definition) is 3. The van der Waals surface area contributed by atoms with Gasteiger partial charge < -0.3 is 10.5 Å². The van der Waals surface area contributed by atoms with Gasteiger partial charge in [-0.3, -0.25) is 0 Å². The highest BCUT2D eigenvalue weighted by atomic mass is 32.1. The summed E-state index contributed by atoms with van der Waals surface area (Å²) in [6.45, 7) is 8.86. The highest BCUT2D eigenvalue weighted by molar-refractivity contribution is 7.12. The van der Waals surface area contributed by atoms with E-state index in [9.17, 15) is 0 Å². The molecule has 0 radical (unpaired) electrons. The number of aryl methyl sites for hydroxylation is 1.